The number of rotatable bonds is 5. The number of nitrogens with zero attached hydrogens (tertiary/aromatic N) is 3. The molecule has 1 aromatic heterocycles. The third-order valence-electron chi connectivity index (χ3n) is 5.30. The molecule has 0 aliphatic carbocycles. The van der Waals surface area contributed by atoms with Crippen molar-refractivity contribution in [1.29, 1.82) is 0 Å². The van der Waals surface area contributed by atoms with Crippen molar-refractivity contribution >= 4 is 39.1 Å². The lowest BCUT2D eigenvalue weighted by molar-refractivity contribution is -0.122. The Morgan fingerprint density at radius 3 is 2.93 bits per heavy atom. The zero-order valence-electron chi connectivity index (χ0n) is 15.5. The van der Waals surface area contributed by atoms with Crippen LogP contribution in [0.15, 0.2) is 41.1 Å². The number of hydrogen-bond acceptors (Lipinski definition) is 4. The van der Waals surface area contributed by atoms with E-state index in [1.165, 1.54) is 0 Å². The van der Waals surface area contributed by atoms with Crippen molar-refractivity contribution in [3.8, 4) is 0 Å². The Balaban J connectivity index is 1.34. The van der Waals surface area contributed by atoms with E-state index in [0.717, 1.165) is 42.8 Å². The van der Waals surface area contributed by atoms with E-state index in [1.54, 1.807) is 11.1 Å². The van der Waals surface area contributed by atoms with Crippen LogP contribution >= 0.6 is 15.9 Å². The van der Waals surface area contributed by atoms with E-state index in [9.17, 15) is 9.59 Å². The summed E-state index contributed by atoms with van der Waals surface area (Å²) in [6, 6.07) is 7.56. The van der Waals surface area contributed by atoms with Gasteiger partial charge < -0.3 is 15.0 Å². The number of amides is 2. The van der Waals surface area contributed by atoms with Crippen molar-refractivity contribution < 1.29 is 14.3 Å². The van der Waals surface area contributed by atoms with Crippen LogP contribution in [0.25, 0.3) is 0 Å². The fourth-order valence-electron chi connectivity index (χ4n) is 3.74. The van der Waals surface area contributed by atoms with Gasteiger partial charge in [-0.3, -0.25) is 14.3 Å². The van der Waals surface area contributed by atoms with Crippen molar-refractivity contribution in [2.24, 2.45) is 11.8 Å². The third-order valence-corrected chi connectivity index (χ3v) is 5.80. The Hall–Kier alpha value is -2.19. The van der Waals surface area contributed by atoms with Gasteiger partial charge in [0.05, 0.1) is 17.8 Å². The second-order valence-electron chi connectivity index (χ2n) is 7.38. The average Bonchev–Trinajstić information content (AvgIpc) is 3.29. The maximum absolute atomic E-state index is 12.7. The number of ether oxygens (including phenoxy) is 1. The first kappa shape index (κ1) is 19.1. The van der Waals surface area contributed by atoms with E-state index < -0.39 is 0 Å². The number of aromatic nitrogens is 2. The molecule has 1 atom stereocenters. The zero-order chi connectivity index (χ0) is 19.5. The van der Waals surface area contributed by atoms with Crippen molar-refractivity contribution in [2.75, 3.05) is 30.0 Å². The van der Waals surface area contributed by atoms with Gasteiger partial charge in [0.15, 0.2) is 0 Å². The molecule has 28 heavy (non-hydrogen) atoms. The highest BCUT2D eigenvalue weighted by molar-refractivity contribution is 9.10. The SMILES string of the molecule is O=C(Nc1cnn(CC2CCOCC2)c1)C1CC(=O)N(c2cccc(Br)c2)C1. The first-order valence-corrected chi connectivity index (χ1v) is 10.3. The summed E-state index contributed by atoms with van der Waals surface area (Å²) in [4.78, 5) is 26.7. The largest absolute Gasteiger partial charge is 0.381 e. The van der Waals surface area contributed by atoms with Gasteiger partial charge in [0, 0.05) is 49.1 Å². The molecule has 0 bridgehead atoms. The van der Waals surface area contributed by atoms with Gasteiger partial charge in [-0.05, 0) is 37.0 Å². The van der Waals surface area contributed by atoms with Crippen LogP contribution in [0, 0.1) is 11.8 Å². The molecule has 7 nitrogen and oxygen atoms in total. The second kappa shape index (κ2) is 8.45. The van der Waals surface area contributed by atoms with Crippen LogP contribution < -0.4 is 10.2 Å². The van der Waals surface area contributed by atoms with Crippen LogP contribution in [0.2, 0.25) is 0 Å². The number of benzene rings is 1. The number of carbonyl (C=O) groups excluding carboxylic acids is 2. The number of halogens is 1. The summed E-state index contributed by atoms with van der Waals surface area (Å²) in [5.74, 6) is 0.0126. The summed E-state index contributed by atoms with van der Waals surface area (Å²) in [5, 5.41) is 7.27. The van der Waals surface area contributed by atoms with Gasteiger partial charge in [-0.2, -0.15) is 5.10 Å². The summed E-state index contributed by atoms with van der Waals surface area (Å²) < 4.78 is 8.17. The van der Waals surface area contributed by atoms with Crippen molar-refractivity contribution in [3.63, 3.8) is 0 Å². The highest BCUT2D eigenvalue weighted by Crippen LogP contribution is 2.28. The van der Waals surface area contributed by atoms with Crippen molar-refractivity contribution in [3.05, 3.63) is 41.1 Å². The van der Waals surface area contributed by atoms with Crippen molar-refractivity contribution in [2.45, 2.75) is 25.8 Å². The predicted octanol–water partition coefficient (Wildman–Crippen LogP) is 3.06. The molecule has 3 heterocycles. The highest BCUT2D eigenvalue weighted by atomic mass is 79.9. The Morgan fingerprint density at radius 1 is 1.32 bits per heavy atom. The molecule has 2 fully saturated rings. The average molecular weight is 447 g/mol. The van der Waals surface area contributed by atoms with Gasteiger partial charge in [-0.1, -0.05) is 22.0 Å². The molecule has 4 rings (SSSR count). The maximum Gasteiger partial charge on any atom is 0.229 e. The first-order chi connectivity index (χ1) is 13.6. The number of hydrogen-bond donors (Lipinski definition) is 1. The summed E-state index contributed by atoms with van der Waals surface area (Å²) in [5.41, 5.74) is 1.48. The van der Waals surface area contributed by atoms with Gasteiger partial charge in [-0.15, -0.1) is 0 Å². The molecule has 2 saturated heterocycles. The lowest BCUT2D eigenvalue weighted by Gasteiger charge is -2.21. The molecule has 0 radical (unpaired) electrons. The van der Waals surface area contributed by atoms with E-state index in [4.69, 9.17) is 4.74 Å². The molecular formula is C20H23BrN4O3. The number of nitrogens with one attached hydrogen (secondary N) is 1. The van der Waals surface area contributed by atoms with Gasteiger partial charge in [0.25, 0.3) is 0 Å². The van der Waals surface area contributed by atoms with E-state index in [1.807, 2.05) is 35.1 Å². The van der Waals surface area contributed by atoms with E-state index in [2.05, 4.69) is 26.3 Å². The molecule has 148 valence electrons. The molecule has 8 heteroatoms. The Morgan fingerprint density at radius 2 is 2.14 bits per heavy atom. The normalized spacial score (nSPS) is 20.5. The predicted molar refractivity (Wildman–Crippen MR) is 109 cm³/mol. The monoisotopic (exact) mass is 446 g/mol. The van der Waals surface area contributed by atoms with E-state index in [-0.39, 0.29) is 24.2 Å². The standard InChI is InChI=1S/C20H23BrN4O3/c21-16-2-1-3-18(9-16)25-12-15(8-19(25)26)20(27)23-17-10-22-24(13-17)11-14-4-6-28-7-5-14/h1-3,9-10,13-15H,4-8,11-12H2,(H,23,27). The van der Waals surface area contributed by atoms with Crippen LogP contribution in [0.5, 0.6) is 0 Å². The minimum atomic E-state index is -0.370. The van der Waals surface area contributed by atoms with Gasteiger partial charge >= 0.3 is 0 Å². The molecule has 0 spiro atoms. The van der Waals surface area contributed by atoms with Crippen LogP contribution in [0.4, 0.5) is 11.4 Å². The molecule has 1 N–H and O–H groups in total. The molecule has 2 aliphatic rings. The Kier molecular flexibility index (Phi) is 5.77. The number of carbonyl (C=O) groups is 2. The van der Waals surface area contributed by atoms with E-state index >= 15 is 0 Å². The highest BCUT2D eigenvalue weighted by Gasteiger charge is 2.35. The lowest BCUT2D eigenvalue weighted by Crippen LogP contribution is -2.28. The van der Waals surface area contributed by atoms with E-state index in [0.29, 0.717) is 18.2 Å². The number of anilines is 2. The van der Waals surface area contributed by atoms with Gasteiger partial charge in [0.2, 0.25) is 11.8 Å². The first-order valence-electron chi connectivity index (χ1n) is 9.55. The van der Waals surface area contributed by atoms with Crippen LogP contribution in [-0.4, -0.2) is 41.4 Å². The molecule has 0 saturated carbocycles. The quantitative estimate of drug-likeness (QED) is 0.765. The third kappa shape index (κ3) is 4.44. The summed E-state index contributed by atoms with van der Waals surface area (Å²) in [7, 11) is 0. The summed E-state index contributed by atoms with van der Waals surface area (Å²) in [6.45, 7) is 2.83. The molecule has 2 amide bonds. The fourth-order valence-corrected chi connectivity index (χ4v) is 4.13. The molecule has 1 unspecified atom stereocenters. The topological polar surface area (TPSA) is 76.5 Å². The lowest BCUT2D eigenvalue weighted by atomic mass is 10.0. The van der Waals surface area contributed by atoms with Gasteiger partial charge in [-0.25, -0.2) is 0 Å². The molecule has 1 aromatic carbocycles. The summed E-state index contributed by atoms with van der Waals surface area (Å²) in [6.07, 6.45) is 5.82. The molecular weight excluding hydrogens is 424 g/mol. The van der Waals surface area contributed by atoms with Gasteiger partial charge in [0.1, 0.15) is 0 Å². The smallest absolute Gasteiger partial charge is 0.229 e. The zero-order valence-corrected chi connectivity index (χ0v) is 17.1. The second-order valence-corrected chi connectivity index (χ2v) is 8.30. The molecule has 2 aliphatic heterocycles. The Labute approximate surface area is 172 Å². The molecule has 2 aromatic rings. The fraction of sp³-hybridized carbons (Fsp3) is 0.450. The van der Waals surface area contributed by atoms with Crippen LogP contribution in [0.1, 0.15) is 19.3 Å². The van der Waals surface area contributed by atoms with Crippen molar-refractivity contribution in [1.82, 2.24) is 9.78 Å². The van der Waals surface area contributed by atoms with Crippen LogP contribution in [-0.2, 0) is 20.9 Å². The minimum Gasteiger partial charge on any atom is -0.381 e. The minimum absolute atomic E-state index is 0.0338. The summed E-state index contributed by atoms with van der Waals surface area (Å²) >= 11 is 3.42. The van der Waals surface area contributed by atoms with Crippen LogP contribution in [0.3, 0.4) is 0 Å². The Bertz CT molecular complexity index is 863. The maximum atomic E-state index is 12.7.